The first-order valence-corrected chi connectivity index (χ1v) is 9.94. The van der Waals surface area contributed by atoms with Crippen LogP contribution in [-0.2, 0) is 4.79 Å². The fraction of sp³-hybridized carbons (Fsp3) is 0.300. The monoisotopic (exact) mass is 383 g/mol. The SMILES string of the molecule is C[C@@H](NC(=O)CSc1nc2ccccc2[nH]1)c1ccc2c(c1)OCCCO2. The van der Waals surface area contributed by atoms with Gasteiger partial charge in [-0.3, -0.25) is 4.79 Å². The maximum Gasteiger partial charge on any atom is 0.230 e. The summed E-state index contributed by atoms with van der Waals surface area (Å²) >= 11 is 1.39. The number of thioether (sulfide) groups is 1. The molecule has 7 heteroatoms. The van der Waals surface area contributed by atoms with Gasteiger partial charge in [0.05, 0.1) is 36.0 Å². The molecule has 140 valence electrons. The highest BCUT2D eigenvalue weighted by atomic mass is 32.2. The number of H-pyrrole nitrogens is 1. The van der Waals surface area contributed by atoms with E-state index in [1.165, 1.54) is 11.8 Å². The summed E-state index contributed by atoms with van der Waals surface area (Å²) < 4.78 is 11.4. The summed E-state index contributed by atoms with van der Waals surface area (Å²) in [6.45, 7) is 3.27. The van der Waals surface area contributed by atoms with Crippen LogP contribution in [0.5, 0.6) is 11.5 Å². The normalized spacial score (nSPS) is 14.6. The molecule has 0 unspecified atom stereocenters. The van der Waals surface area contributed by atoms with E-state index < -0.39 is 0 Å². The van der Waals surface area contributed by atoms with E-state index in [9.17, 15) is 4.79 Å². The Morgan fingerprint density at radius 3 is 2.89 bits per heavy atom. The standard InChI is InChI=1S/C20H21N3O3S/c1-13(14-7-8-17-18(11-14)26-10-4-9-25-17)21-19(24)12-27-20-22-15-5-2-3-6-16(15)23-20/h2-3,5-8,11,13H,4,9-10,12H2,1H3,(H,21,24)(H,22,23)/t13-/m1/s1. The number of aromatic amines is 1. The number of benzene rings is 2. The number of ether oxygens (including phenoxy) is 2. The maximum absolute atomic E-state index is 12.3. The van der Waals surface area contributed by atoms with Gasteiger partial charge in [0.15, 0.2) is 16.7 Å². The summed E-state index contributed by atoms with van der Waals surface area (Å²) in [7, 11) is 0. The first-order valence-electron chi connectivity index (χ1n) is 8.95. The number of imidazole rings is 1. The second kappa shape index (κ2) is 7.92. The van der Waals surface area contributed by atoms with Gasteiger partial charge in [0, 0.05) is 6.42 Å². The summed E-state index contributed by atoms with van der Waals surface area (Å²) in [5.74, 6) is 1.76. The largest absolute Gasteiger partial charge is 0.490 e. The zero-order valence-corrected chi connectivity index (χ0v) is 15.8. The van der Waals surface area contributed by atoms with Crippen LogP contribution >= 0.6 is 11.8 Å². The third-order valence-electron chi connectivity index (χ3n) is 4.36. The number of nitrogens with zero attached hydrogens (tertiary/aromatic N) is 1. The Balaban J connectivity index is 1.35. The number of aromatic nitrogens is 2. The Morgan fingerprint density at radius 2 is 2.04 bits per heavy atom. The van der Waals surface area contributed by atoms with E-state index >= 15 is 0 Å². The van der Waals surface area contributed by atoms with Gasteiger partial charge in [0.25, 0.3) is 0 Å². The van der Waals surface area contributed by atoms with E-state index in [-0.39, 0.29) is 11.9 Å². The topological polar surface area (TPSA) is 76.2 Å². The van der Waals surface area contributed by atoms with Gasteiger partial charge in [0.1, 0.15) is 0 Å². The van der Waals surface area contributed by atoms with Crippen molar-refractivity contribution in [1.82, 2.24) is 15.3 Å². The number of nitrogens with one attached hydrogen (secondary N) is 2. The number of fused-ring (bicyclic) bond motifs is 2. The molecule has 0 bridgehead atoms. The molecule has 2 heterocycles. The van der Waals surface area contributed by atoms with Gasteiger partial charge in [-0.1, -0.05) is 30.0 Å². The number of amides is 1. The molecule has 27 heavy (non-hydrogen) atoms. The molecule has 0 saturated carbocycles. The van der Waals surface area contributed by atoms with Crippen molar-refractivity contribution in [3.63, 3.8) is 0 Å². The van der Waals surface area contributed by atoms with Crippen LogP contribution in [0.25, 0.3) is 11.0 Å². The molecule has 1 aromatic heterocycles. The van der Waals surface area contributed by atoms with Crippen molar-refractivity contribution >= 4 is 28.7 Å². The Labute approximate surface area is 161 Å². The molecule has 0 saturated heterocycles. The van der Waals surface area contributed by atoms with E-state index in [1.54, 1.807) is 0 Å². The van der Waals surface area contributed by atoms with Crippen LogP contribution in [0.3, 0.4) is 0 Å². The average Bonchev–Trinajstić information content (AvgIpc) is 2.95. The molecule has 0 spiro atoms. The van der Waals surface area contributed by atoms with Gasteiger partial charge in [-0.25, -0.2) is 4.98 Å². The molecule has 0 aliphatic carbocycles. The summed E-state index contributed by atoms with van der Waals surface area (Å²) in [6, 6.07) is 13.5. The lowest BCUT2D eigenvalue weighted by Crippen LogP contribution is -2.28. The maximum atomic E-state index is 12.3. The molecular formula is C20H21N3O3S. The van der Waals surface area contributed by atoms with Crippen LogP contribution in [-0.4, -0.2) is 34.8 Å². The van der Waals surface area contributed by atoms with E-state index in [1.807, 2.05) is 49.4 Å². The molecule has 2 aromatic carbocycles. The average molecular weight is 383 g/mol. The quantitative estimate of drug-likeness (QED) is 0.657. The fourth-order valence-corrected chi connectivity index (χ4v) is 3.64. The Hall–Kier alpha value is -2.67. The molecule has 4 rings (SSSR count). The number of rotatable bonds is 5. The minimum absolute atomic E-state index is 0.0416. The summed E-state index contributed by atoms with van der Waals surface area (Å²) in [6.07, 6.45) is 0.870. The molecule has 1 atom stereocenters. The fourth-order valence-electron chi connectivity index (χ4n) is 2.95. The Morgan fingerprint density at radius 1 is 1.22 bits per heavy atom. The van der Waals surface area contributed by atoms with Crippen LogP contribution in [0, 0.1) is 0 Å². The molecule has 3 aromatic rings. The van der Waals surface area contributed by atoms with E-state index in [4.69, 9.17) is 9.47 Å². The highest BCUT2D eigenvalue weighted by Crippen LogP contribution is 2.32. The highest BCUT2D eigenvalue weighted by molar-refractivity contribution is 7.99. The number of hydrogen-bond acceptors (Lipinski definition) is 5. The first kappa shape index (κ1) is 17.7. The van der Waals surface area contributed by atoms with Crippen LogP contribution in [0.15, 0.2) is 47.6 Å². The van der Waals surface area contributed by atoms with Gasteiger partial charge < -0.3 is 19.8 Å². The number of para-hydroxylation sites is 2. The van der Waals surface area contributed by atoms with Crippen LogP contribution in [0.1, 0.15) is 24.9 Å². The van der Waals surface area contributed by atoms with Gasteiger partial charge in [0.2, 0.25) is 5.91 Å². The summed E-state index contributed by atoms with van der Waals surface area (Å²) in [5, 5.41) is 3.77. The van der Waals surface area contributed by atoms with Crippen molar-refractivity contribution in [3.8, 4) is 11.5 Å². The van der Waals surface area contributed by atoms with Crippen molar-refractivity contribution in [2.75, 3.05) is 19.0 Å². The molecule has 1 aliphatic heterocycles. The molecule has 0 radical (unpaired) electrons. The van der Waals surface area contributed by atoms with Gasteiger partial charge in [-0.2, -0.15) is 0 Å². The van der Waals surface area contributed by atoms with Crippen LogP contribution in [0.2, 0.25) is 0 Å². The first-order chi connectivity index (χ1) is 13.2. The van der Waals surface area contributed by atoms with Crippen molar-refractivity contribution in [2.45, 2.75) is 24.5 Å². The van der Waals surface area contributed by atoms with Crippen molar-refractivity contribution in [1.29, 1.82) is 0 Å². The minimum atomic E-state index is -0.120. The molecular weight excluding hydrogens is 362 g/mol. The summed E-state index contributed by atoms with van der Waals surface area (Å²) in [4.78, 5) is 20.0. The summed E-state index contributed by atoms with van der Waals surface area (Å²) in [5.41, 5.74) is 2.86. The zero-order chi connectivity index (χ0) is 18.6. The van der Waals surface area contributed by atoms with E-state index in [2.05, 4.69) is 15.3 Å². The lowest BCUT2D eigenvalue weighted by Gasteiger charge is -2.16. The minimum Gasteiger partial charge on any atom is -0.490 e. The van der Waals surface area contributed by atoms with Crippen molar-refractivity contribution in [2.24, 2.45) is 0 Å². The molecule has 6 nitrogen and oxygen atoms in total. The third kappa shape index (κ3) is 4.19. The lowest BCUT2D eigenvalue weighted by molar-refractivity contribution is -0.119. The lowest BCUT2D eigenvalue weighted by atomic mass is 10.1. The van der Waals surface area contributed by atoms with Crippen LogP contribution in [0.4, 0.5) is 0 Å². The Bertz CT molecular complexity index is 924. The second-order valence-corrected chi connectivity index (χ2v) is 7.36. The predicted molar refractivity (Wildman–Crippen MR) is 105 cm³/mol. The van der Waals surface area contributed by atoms with Crippen molar-refractivity contribution in [3.05, 3.63) is 48.0 Å². The van der Waals surface area contributed by atoms with E-state index in [0.29, 0.717) is 19.0 Å². The van der Waals surface area contributed by atoms with Gasteiger partial charge in [-0.05, 0) is 36.8 Å². The third-order valence-corrected chi connectivity index (χ3v) is 5.23. The highest BCUT2D eigenvalue weighted by Gasteiger charge is 2.15. The van der Waals surface area contributed by atoms with Gasteiger partial charge in [-0.15, -0.1) is 0 Å². The van der Waals surface area contributed by atoms with Crippen molar-refractivity contribution < 1.29 is 14.3 Å². The molecule has 0 fully saturated rings. The molecule has 1 amide bonds. The zero-order valence-electron chi connectivity index (χ0n) is 15.0. The second-order valence-electron chi connectivity index (χ2n) is 6.39. The smallest absolute Gasteiger partial charge is 0.230 e. The van der Waals surface area contributed by atoms with Crippen LogP contribution < -0.4 is 14.8 Å². The van der Waals surface area contributed by atoms with Gasteiger partial charge >= 0.3 is 0 Å². The number of carbonyl (C=O) groups is 1. The molecule has 2 N–H and O–H groups in total. The number of carbonyl (C=O) groups excluding carboxylic acids is 1. The Kier molecular flexibility index (Phi) is 5.20. The van der Waals surface area contributed by atoms with E-state index in [0.717, 1.165) is 39.7 Å². The number of hydrogen-bond donors (Lipinski definition) is 2. The predicted octanol–water partition coefficient (Wildman–Crippen LogP) is 3.69. The molecule has 1 aliphatic rings.